The number of ether oxygens (including phenoxy) is 1. The number of rotatable bonds is 7. The predicted octanol–water partition coefficient (Wildman–Crippen LogP) is 4.18. The molecule has 0 bridgehead atoms. The molecule has 0 aliphatic heterocycles. The van der Waals surface area contributed by atoms with E-state index in [2.05, 4.69) is 15.3 Å². The van der Waals surface area contributed by atoms with Crippen LogP contribution in [0.3, 0.4) is 0 Å². The van der Waals surface area contributed by atoms with Crippen LogP contribution in [0.15, 0.2) is 65.8 Å². The summed E-state index contributed by atoms with van der Waals surface area (Å²) in [6, 6.07) is 14.7. The van der Waals surface area contributed by atoms with Crippen LogP contribution >= 0.6 is 0 Å². The van der Waals surface area contributed by atoms with Crippen molar-refractivity contribution in [3.05, 3.63) is 77.6 Å². The highest BCUT2D eigenvalue weighted by molar-refractivity contribution is 7.90. The molecule has 3 aromatic rings. The van der Waals surface area contributed by atoms with Gasteiger partial charge in [0.15, 0.2) is 9.84 Å². The fourth-order valence-electron chi connectivity index (χ4n) is 2.91. The van der Waals surface area contributed by atoms with E-state index in [-0.39, 0.29) is 17.0 Å². The summed E-state index contributed by atoms with van der Waals surface area (Å²) < 4.78 is 29.7. The third-order valence-corrected chi connectivity index (χ3v) is 5.40. The van der Waals surface area contributed by atoms with Crippen LogP contribution in [0.1, 0.15) is 36.6 Å². The van der Waals surface area contributed by atoms with Gasteiger partial charge in [-0.3, -0.25) is 4.98 Å². The largest absolute Gasteiger partial charge is 0.474 e. The summed E-state index contributed by atoms with van der Waals surface area (Å²) in [5.41, 5.74) is 2.94. The Morgan fingerprint density at radius 1 is 1.00 bits per heavy atom. The lowest BCUT2D eigenvalue weighted by atomic mass is 9.98. The van der Waals surface area contributed by atoms with Crippen molar-refractivity contribution in [2.45, 2.75) is 37.8 Å². The molecule has 0 fully saturated rings. The minimum Gasteiger partial charge on any atom is -0.474 e. The van der Waals surface area contributed by atoms with E-state index < -0.39 is 9.84 Å². The average molecular weight is 412 g/mol. The quantitative estimate of drug-likeness (QED) is 0.628. The maximum Gasteiger partial charge on any atom is 0.234 e. The van der Waals surface area contributed by atoms with Crippen LogP contribution in [0, 0.1) is 6.92 Å². The summed E-state index contributed by atoms with van der Waals surface area (Å²) in [6.07, 6.45) is 4.38. The van der Waals surface area contributed by atoms with Gasteiger partial charge in [0.1, 0.15) is 5.82 Å². The van der Waals surface area contributed by atoms with Gasteiger partial charge in [-0.05, 0) is 44.0 Å². The molecule has 1 unspecified atom stereocenters. The number of anilines is 1. The van der Waals surface area contributed by atoms with Crippen LogP contribution < -0.4 is 10.1 Å². The van der Waals surface area contributed by atoms with Gasteiger partial charge in [0, 0.05) is 6.26 Å². The van der Waals surface area contributed by atoms with Crippen molar-refractivity contribution < 1.29 is 13.2 Å². The molecule has 0 aliphatic rings. The summed E-state index contributed by atoms with van der Waals surface area (Å²) in [6.45, 7) is 5.87. The van der Waals surface area contributed by atoms with Crippen LogP contribution in [-0.2, 0) is 9.84 Å². The number of hydrogen-bond donors (Lipinski definition) is 1. The van der Waals surface area contributed by atoms with Crippen LogP contribution in [0.5, 0.6) is 5.88 Å². The van der Waals surface area contributed by atoms with Gasteiger partial charge >= 0.3 is 0 Å². The maximum absolute atomic E-state index is 12.0. The lowest BCUT2D eigenvalue weighted by Crippen LogP contribution is -2.15. The molecule has 0 saturated carbocycles. The summed E-state index contributed by atoms with van der Waals surface area (Å²) in [5, 5.41) is 3.37. The zero-order valence-electron chi connectivity index (χ0n) is 17.0. The van der Waals surface area contributed by atoms with Crippen LogP contribution in [0.2, 0.25) is 0 Å². The summed E-state index contributed by atoms with van der Waals surface area (Å²) in [7, 11) is -3.32. The minimum atomic E-state index is -3.32. The number of hydrogen-bond acceptors (Lipinski definition) is 6. The van der Waals surface area contributed by atoms with Gasteiger partial charge in [-0.25, -0.2) is 8.42 Å². The van der Waals surface area contributed by atoms with Gasteiger partial charge in [0.05, 0.1) is 29.4 Å². The number of nitrogens with one attached hydrogen (secondary N) is 1. The Bertz CT molecular complexity index is 1080. The van der Waals surface area contributed by atoms with Crippen molar-refractivity contribution in [1.29, 1.82) is 0 Å². The Balaban J connectivity index is 2.02. The highest BCUT2D eigenvalue weighted by atomic mass is 32.2. The molecule has 0 spiro atoms. The van der Waals surface area contributed by atoms with E-state index >= 15 is 0 Å². The summed E-state index contributed by atoms with van der Waals surface area (Å²) >= 11 is 0. The normalized spacial score (nSPS) is 12.6. The Hall–Kier alpha value is -2.93. The molecular weight excluding hydrogens is 386 g/mol. The monoisotopic (exact) mass is 411 g/mol. The number of nitrogens with zero attached hydrogens (tertiary/aromatic N) is 2. The molecule has 6 nitrogen and oxygen atoms in total. The Labute approximate surface area is 171 Å². The second-order valence-electron chi connectivity index (χ2n) is 7.24. The smallest absolute Gasteiger partial charge is 0.234 e. The summed E-state index contributed by atoms with van der Waals surface area (Å²) in [5.74, 6) is 0.969. The van der Waals surface area contributed by atoms with Crippen LogP contribution in [0.4, 0.5) is 5.82 Å². The lowest BCUT2D eigenvalue weighted by Gasteiger charge is -2.21. The van der Waals surface area contributed by atoms with Crippen LogP contribution in [0.25, 0.3) is 0 Å². The van der Waals surface area contributed by atoms with Crippen molar-refractivity contribution in [3.8, 4) is 5.88 Å². The van der Waals surface area contributed by atoms with Gasteiger partial charge in [-0.2, -0.15) is 4.98 Å². The minimum absolute atomic E-state index is 0.0149. The fraction of sp³-hybridized carbons (Fsp3) is 0.273. The Kier molecular flexibility index (Phi) is 6.17. The van der Waals surface area contributed by atoms with E-state index in [4.69, 9.17) is 4.74 Å². The first-order valence-corrected chi connectivity index (χ1v) is 11.2. The molecule has 0 aliphatic carbocycles. The third kappa shape index (κ3) is 5.54. The van der Waals surface area contributed by atoms with E-state index in [0.717, 1.165) is 16.7 Å². The van der Waals surface area contributed by atoms with Crippen molar-refractivity contribution >= 4 is 15.7 Å². The van der Waals surface area contributed by atoms with E-state index in [1.165, 1.54) is 6.26 Å². The standard InChI is InChI=1S/C22H25N3O3S/c1-15(2)28-21-14-23-13-20(24-21)25-22(17-10-8-16(3)9-11-17)18-6-5-7-19(12-18)29(4,26)27/h5-15,22H,1-4H3,(H,24,25). The predicted molar refractivity (Wildman–Crippen MR) is 114 cm³/mol. The molecule has 1 N–H and O–H groups in total. The number of sulfone groups is 1. The van der Waals surface area contributed by atoms with Crippen molar-refractivity contribution in [2.75, 3.05) is 11.6 Å². The maximum atomic E-state index is 12.0. The first kappa shape index (κ1) is 20.8. The van der Waals surface area contributed by atoms with E-state index in [1.54, 1.807) is 30.6 Å². The highest BCUT2D eigenvalue weighted by Gasteiger charge is 2.18. The molecular formula is C22H25N3O3S. The molecule has 3 rings (SSSR count). The average Bonchev–Trinajstić information content (AvgIpc) is 2.66. The van der Waals surface area contributed by atoms with E-state index in [0.29, 0.717) is 11.7 Å². The summed E-state index contributed by atoms with van der Waals surface area (Å²) in [4.78, 5) is 8.96. The van der Waals surface area contributed by atoms with Crippen molar-refractivity contribution in [3.63, 3.8) is 0 Å². The number of benzene rings is 2. The molecule has 1 aromatic heterocycles. The second kappa shape index (κ2) is 8.61. The lowest BCUT2D eigenvalue weighted by molar-refractivity contribution is 0.232. The number of aryl methyl sites for hydroxylation is 1. The second-order valence-corrected chi connectivity index (χ2v) is 9.26. The molecule has 0 radical (unpaired) electrons. The number of aromatic nitrogens is 2. The Morgan fingerprint density at radius 3 is 2.38 bits per heavy atom. The molecule has 0 saturated heterocycles. The topological polar surface area (TPSA) is 81.2 Å². The third-order valence-electron chi connectivity index (χ3n) is 4.29. The molecule has 1 heterocycles. The SMILES string of the molecule is Cc1ccc(C(Nc2cncc(OC(C)C)n2)c2cccc(S(C)(=O)=O)c2)cc1. The molecule has 152 valence electrons. The highest BCUT2D eigenvalue weighted by Crippen LogP contribution is 2.28. The first-order valence-electron chi connectivity index (χ1n) is 9.34. The molecule has 7 heteroatoms. The molecule has 1 atom stereocenters. The molecule has 0 amide bonds. The van der Waals surface area contributed by atoms with Gasteiger partial charge in [0.2, 0.25) is 5.88 Å². The molecule has 2 aromatic carbocycles. The van der Waals surface area contributed by atoms with Gasteiger partial charge in [0.25, 0.3) is 0 Å². The van der Waals surface area contributed by atoms with Crippen molar-refractivity contribution in [2.24, 2.45) is 0 Å². The van der Waals surface area contributed by atoms with Gasteiger partial charge in [-0.15, -0.1) is 0 Å². The zero-order valence-corrected chi connectivity index (χ0v) is 17.8. The molecule has 29 heavy (non-hydrogen) atoms. The van der Waals surface area contributed by atoms with Crippen LogP contribution in [-0.4, -0.2) is 30.7 Å². The van der Waals surface area contributed by atoms with Crippen molar-refractivity contribution in [1.82, 2.24) is 9.97 Å². The first-order chi connectivity index (χ1) is 13.7. The zero-order chi connectivity index (χ0) is 21.0. The van der Waals surface area contributed by atoms with Gasteiger partial charge in [-0.1, -0.05) is 42.0 Å². The fourth-order valence-corrected chi connectivity index (χ4v) is 3.58. The van der Waals surface area contributed by atoms with E-state index in [9.17, 15) is 8.42 Å². The van der Waals surface area contributed by atoms with Gasteiger partial charge < -0.3 is 10.1 Å². The van der Waals surface area contributed by atoms with E-state index in [1.807, 2.05) is 51.1 Å². The Morgan fingerprint density at radius 2 is 1.72 bits per heavy atom.